The van der Waals surface area contributed by atoms with Crippen molar-refractivity contribution in [3.05, 3.63) is 33.8 Å². The van der Waals surface area contributed by atoms with E-state index >= 15 is 0 Å². The lowest BCUT2D eigenvalue weighted by atomic mass is 10.1. The summed E-state index contributed by atoms with van der Waals surface area (Å²) in [6.45, 7) is 4.38. The number of carbonyl (C=O) groups is 4. The van der Waals surface area contributed by atoms with Gasteiger partial charge in [0.2, 0.25) is 5.91 Å². The third kappa shape index (κ3) is 3.93. The third-order valence-electron chi connectivity index (χ3n) is 3.71. The molecule has 1 aromatic rings. The number of benzene rings is 1. The molecule has 1 unspecified atom stereocenters. The molecule has 0 spiro atoms. The predicted octanol–water partition coefficient (Wildman–Crippen LogP) is 2.37. The van der Waals surface area contributed by atoms with Crippen molar-refractivity contribution in [3.8, 4) is 0 Å². The molecular formula is C16H17Cl2N3O4. The minimum Gasteiger partial charge on any atom is -0.348 e. The zero-order valence-corrected chi connectivity index (χ0v) is 15.4. The van der Waals surface area contributed by atoms with Crippen LogP contribution in [-0.2, 0) is 14.4 Å². The average molecular weight is 386 g/mol. The molecule has 1 aliphatic rings. The number of halogens is 2. The van der Waals surface area contributed by atoms with E-state index in [-0.39, 0.29) is 0 Å². The summed E-state index contributed by atoms with van der Waals surface area (Å²) >= 11 is 11.9. The molecule has 7 nitrogen and oxygen atoms in total. The predicted molar refractivity (Wildman–Crippen MR) is 92.1 cm³/mol. The second-order valence-corrected chi connectivity index (χ2v) is 6.74. The largest absolute Gasteiger partial charge is 0.348 e. The lowest BCUT2D eigenvalue weighted by Gasteiger charge is -2.20. The number of amides is 5. The van der Waals surface area contributed by atoms with Crippen LogP contribution in [0, 0.1) is 0 Å². The molecule has 9 heteroatoms. The van der Waals surface area contributed by atoms with E-state index in [4.69, 9.17) is 23.2 Å². The van der Waals surface area contributed by atoms with Gasteiger partial charge in [0.1, 0.15) is 6.54 Å². The molecule has 0 bridgehead atoms. The Hall–Kier alpha value is -2.12. The number of imide groups is 2. The van der Waals surface area contributed by atoms with Crippen LogP contribution in [0.1, 0.15) is 32.4 Å². The van der Waals surface area contributed by atoms with Gasteiger partial charge in [-0.2, -0.15) is 0 Å². The Labute approximate surface area is 154 Å². The quantitative estimate of drug-likeness (QED) is 0.622. The first kappa shape index (κ1) is 19.2. The number of nitrogens with zero attached hydrogens (tertiary/aromatic N) is 2. The van der Waals surface area contributed by atoms with Gasteiger partial charge in [-0.25, -0.2) is 9.69 Å². The lowest BCUT2D eigenvalue weighted by molar-refractivity contribution is -0.144. The zero-order chi connectivity index (χ0) is 18.9. The van der Waals surface area contributed by atoms with Crippen LogP contribution < -0.4 is 5.32 Å². The summed E-state index contributed by atoms with van der Waals surface area (Å²) < 4.78 is 0. The van der Waals surface area contributed by atoms with Crippen LogP contribution in [-0.4, -0.2) is 46.1 Å². The van der Waals surface area contributed by atoms with Gasteiger partial charge in [0.25, 0.3) is 0 Å². The Balaban J connectivity index is 2.06. The van der Waals surface area contributed by atoms with Crippen molar-refractivity contribution < 1.29 is 19.2 Å². The van der Waals surface area contributed by atoms with Crippen LogP contribution in [0.3, 0.4) is 0 Å². The van der Waals surface area contributed by atoms with E-state index in [1.54, 1.807) is 39.0 Å². The Bertz CT molecular complexity index is 751. The van der Waals surface area contributed by atoms with Gasteiger partial charge in [-0.3, -0.25) is 19.3 Å². The molecule has 0 saturated carbocycles. The maximum atomic E-state index is 12.2. The lowest BCUT2D eigenvalue weighted by Crippen LogP contribution is -2.43. The van der Waals surface area contributed by atoms with Crippen molar-refractivity contribution in [2.24, 2.45) is 0 Å². The van der Waals surface area contributed by atoms with E-state index < -0.39 is 42.4 Å². The molecular weight excluding hydrogens is 369 g/mol. The molecule has 1 N–H and O–H groups in total. The summed E-state index contributed by atoms with van der Waals surface area (Å²) in [6.07, 6.45) is 0. The summed E-state index contributed by atoms with van der Waals surface area (Å²) in [5.41, 5.74) is 0.637. The average Bonchev–Trinajstić information content (AvgIpc) is 2.70. The monoisotopic (exact) mass is 385 g/mol. The zero-order valence-electron chi connectivity index (χ0n) is 13.9. The van der Waals surface area contributed by atoms with Gasteiger partial charge in [0, 0.05) is 16.1 Å². The highest BCUT2D eigenvalue weighted by molar-refractivity contribution is 6.45. The van der Waals surface area contributed by atoms with Gasteiger partial charge >= 0.3 is 17.8 Å². The number of hydrogen-bond acceptors (Lipinski definition) is 4. The van der Waals surface area contributed by atoms with Crippen LogP contribution in [0.4, 0.5) is 4.79 Å². The molecule has 1 atom stereocenters. The Morgan fingerprint density at radius 2 is 1.76 bits per heavy atom. The standard InChI is InChI=1S/C16H17Cl2N3O4/c1-8(2)21-15(24)14(23)20(16(21)25)7-13(22)19-9(3)11-5-4-10(17)6-12(11)18/h4-6,8-9H,7H2,1-3H3,(H,19,22). The molecule has 134 valence electrons. The van der Waals surface area contributed by atoms with Crippen LogP contribution >= 0.6 is 23.2 Å². The van der Waals surface area contributed by atoms with Gasteiger partial charge < -0.3 is 5.32 Å². The number of nitrogens with one attached hydrogen (secondary N) is 1. The molecule has 2 rings (SSSR count). The topological polar surface area (TPSA) is 86.8 Å². The molecule has 0 radical (unpaired) electrons. The highest BCUT2D eigenvalue weighted by atomic mass is 35.5. The molecule has 0 aromatic heterocycles. The van der Waals surface area contributed by atoms with E-state index in [1.807, 2.05) is 0 Å². The van der Waals surface area contributed by atoms with Gasteiger partial charge in [-0.1, -0.05) is 29.3 Å². The molecule has 25 heavy (non-hydrogen) atoms. The minimum absolute atomic E-state index is 0.384. The number of carbonyl (C=O) groups excluding carboxylic acids is 4. The second-order valence-electron chi connectivity index (χ2n) is 5.90. The van der Waals surface area contributed by atoms with Gasteiger partial charge in [0.15, 0.2) is 0 Å². The van der Waals surface area contributed by atoms with Gasteiger partial charge in [-0.15, -0.1) is 0 Å². The maximum absolute atomic E-state index is 12.2. The van der Waals surface area contributed by atoms with Crippen molar-refractivity contribution >= 4 is 47.0 Å². The fourth-order valence-corrected chi connectivity index (χ4v) is 3.05. The fourth-order valence-electron chi connectivity index (χ4n) is 2.48. The number of hydrogen-bond donors (Lipinski definition) is 1. The summed E-state index contributed by atoms with van der Waals surface area (Å²) in [5.74, 6) is -2.52. The molecule has 1 aliphatic heterocycles. The summed E-state index contributed by atoms with van der Waals surface area (Å²) in [4.78, 5) is 49.5. The molecule has 1 fully saturated rings. The van der Waals surface area contributed by atoms with Crippen LogP contribution in [0.5, 0.6) is 0 Å². The van der Waals surface area contributed by atoms with Crippen molar-refractivity contribution in [1.82, 2.24) is 15.1 Å². The van der Waals surface area contributed by atoms with E-state index in [0.717, 1.165) is 4.90 Å². The van der Waals surface area contributed by atoms with E-state index in [2.05, 4.69) is 5.32 Å². The van der Waals surface area contributed by atoms with Gasteiger partial charge in [0.05, 0.1) is 6.04 Å². The van der Waals surface area contributed by atoms with Crippen LogP contribution in [0.25, 0.3) is 0 Å². The fraction of sp³-hybridized carbons (Fsp3) is 0.375. The molecule has 5 amide bonds. The molecule has 1 heterocycles. The Morgan fingerprint density at radius 3 is 2.28 bits per heavy atom. The van der Waals surface area contributed by atoms with Gasteiger partial charge in [-0.05, 0) is 38.5 Å². The maximum Gasteiger partial charge on any atom is 0.334 e. The summed E-state index contributed by atoms with van der Waals surface area (Å²) in [7, 11) is 0. The minimum atomic E-state index is -1.01. The van der Waals surface area contributed by atoms with E-state index in [1.165, 1.54) is 0 Å². The highest BCUT2D eigenvalue weighted by Gasteiger charge is 2.46. The smallest absolute Gasteiger partial charge is 0.334 e. The molecule has 1 aromatic carbocycles. The van der Waals surface area contributed by atoms with Crippen molar-refractivity contribution in [2.45, 2.75) is 32.9 Å². The SMILES string of the molecule is CC(NC(=O)CN1C(=O)C(=O)N(C(C)C)C1=O)c1ccc(Cl)cc1Cl. The van der Waals surface area contributed by atoms with E-state index in [0.29, 0.717) is 20.5 Å². The molecule has 1 saturated heterocycles. The highest BCUT2D eigenvalue weighted by Crippen LogP contribution is 2.26. The Kier molecular flexibility index (Phi) is 5.69. The summed E-state index contributed by atoms with van der Waals surface area (Å²) in [6, 6.07) is 3.13. The first-order valence-corrected chi connectivity index (χ1v) is 8.32. The van der Waals surface area contributed by atoms with Crippen LogP contribution in [0.2, 0.25) is 10.0 Å². The number of rotatable bonds is 5. The van der Waals surface area contributed by atoms with E-state index in [9.17, 15) is 19.2 Å². The van der Waals surface area contributed by atoms with Crippen LogP contribution in [0.15, 0.2) is 18.2 Å². The van der Waals surface area contributed by atoms with Crippen molar-refractivity contribution in [2.75, 3.05) is 6.54 Å². The second kappa shape index (κ2) is 7.41. The molecule has 0 aliphatic carbocycles. The number of urea groups is 1. The first-order valence-electron chi connectivity index (χ1n) is 7.56. The first-order chi connectivity index (χ1) is 11.6. The van der Waals surface area contributed by atoms with Crippen molar-refractivity contribution in [3.63, 3.8) is 0 Å². The normalized spacial score (nSPS) is 16.0. The van der Waals surface area contributed by atoms with Crippen molar-refractivity contribution in [1.29, 1.82) is 0 Å². The Morgan fingerprint density at radius 1 is 1.12 bits per heavy atom. The summed E-state index contributed by atoms with van der Waals surface area (Å²) in [5, 5.41) is 3.49. The third-order valence-corrected chi connectivity index (χ3v) is 4.27.